The maximum Gasteiger partial charge on any atom is 0.226 e. The van der Waals surface area contributed by atoms with E-state index in [1.54, 1.807) is 0 Å². The van der Waals surface area contributed by atoms with E-state index in [2.05, 4.69) is 16.9 Å². The highest BCUT2D eigenvalue weighted by Crippen LogP contribution is 2.19. The van der Waals surface area contributed by atoms with Gasteiger partial charge in [-0.25, -0.2) is 4.99 Å². The third kappa shape index (κ3) is 4.51. The topological polar surface area (TPSA) is 89.2 Å². The number of nitrogens with zero attached hydrogens (tertiary/aromatic N) is 3. The van der Waals surface area contributed by atoms with E-state index in [-0.39, 0.29) is 28.9 Å². The number of unbranched alkanes of at least 4 members (excludes halogenated alkanes) is 2. The molecule has 17 heavy (non-hydrogen) atoms. The highest BCUT2D eigenvalue weighted by atomic mass is 79.9. The molecule has 1 aliphatic heterocycles. The van der Waals surface area contributed by atoms with Gasteiger partial charge >= 0.3 is 0 Å². The molecular formula is C10H22BrN5O. The first-order valence-electron chi connectivity index (χ1n) is 5.60. The standard InChI is InChI=1S/C10H21N5O.BrH/c1-4-5-6-7-16-15-9(12)13-8(11)14-10(15,2)3;/h4-7H2,1-3H3,(H4,11,12,13,14);1H. The van der Waals surface area contributed by atoms with Crippen LogP contribution in [0.4, 0.5) is 0 Å². The lowest BCUT2D eigenvalue weighted by molar-refractivity contribution is -0.157. The van der Waals surface area contributed by atoms with Crippen LogP contribution in [0.25, 0.3) is 0 Å². The first-order chi connectivity index (χ1) is 7.47. The van der Waals surface area contributed by atoms with Crippen molar-refractivity contribution in [3.63, 3.8) is 0 Å². The van der Waals surface area contributed by atoms with Crippen molar-refractivity contribution in [1.82, 2.24) is 5.06 Å². The number of hydrogen-bond acceptors (Lipinski definition) is 6. The molecule has 0 unspecified atom stereocenters. The van der Waals surface area contributed by atoms with Crippen LogP contribution >= 0.6 is 17.0 Å². The number of rotatable bonds is 5. The van der Waals surface area contributed by atoms with Gasteiger partial charge in [-0.2, -0.15) is 10.1 Å². The van der Waals surface area contributed by atoms with Crippen LogP contribution in [-0.2, 0) is 4.84 Å². The van der Waals surface area contributed by atoms with Gasteiger partial charge in [0, 0.05) is 0 Å². The second kappa shape index (κ2) is 6.80. The monoisotopic (exact) mass is 307 g/mol. The van der Waals surface area contributed by atoms with Crippen molar-refractivity contribution in [2.45, 2.75) is 45.7 Å². The molecule has 0 atom stereocenters. The van der Waals surface area contributed by atoms with Gasteiger partial charge in [-0.3, -0.25) is 4.84 Å². The fraction of sp³-hybridized carbons (Fsp3) is 0.800. The predicted molar refractivity (Wildman–Crippen MR) is 75.0 cm³/mol. The van der Waals surface area contributed by atoms with Gasteiger partial charge < -0.3 is 11.5 Å². The molecular weight excluding hydrogens is 286 g/mol. The van der Waals surface area contributed by atoms with Gasteiger partial charge in [0.1, 0.15) is 0 Å². The Morgan fingerprint density at radius 1 is 1.29 bits per heavy atom. The van der Waals surface area contributed by atoms with Crippen molar-refractivity contribution in [2.24, 2.45) is 21.5 Å². The first-order valence-corrected chi connectivity index (χ1v) is 5.60. The molecule has 1 rings (SSSR count). The van der Waals surface area contributed by atoms with Crippen molar-refractivity contribution in [1.29, 1.82) is 0 Å². The summed E-state index contributed by atoms with van der Waals surface area (Å²) in [5.41, 5.74) is 10.7. The highest BCUT2D eigenvalue weighted by Gasteiger charge is 2.32. The summed E-state index contributed by atoms with van der Waals surface area (Å²) in [5, 5.41) is 1.51. The molecule has 0 spiro atoms. The molecule has 0 aromatic rings. The number of nitrogens with two attached hydrogens (primary N) is 2. The number of hydroxylamine groups is 2. The summed E-state index contributed by atoms with van der Waals surface area (Å²) in [6.45, 7) is 6.51. The molecule has 100 valence electrons. The Kier molecular flexibility index (Phi) is 6.48. The Hall–Kier alpha value is -0.820. The molecule has 0 radical (unpaired) electrons. The minimum absolute atomic E-state index is 0. The number of halogens is 1. The smallest absolute Gasteiger partial charge is 0.226 e. The van der Waals surface area contributed by atoms with Crippen LogP contribution < -0.4 is 11.5 Å². The van der Waals surface area contributed by atoms with E-state index in [4.69, 9.17) is 16.3 Å². The van der Waals surface area contributed by atoms with Crippen molar-refractivity contribution in [2.75, 3.05) is 6.61 Å². The number of guanidine groups is 2. The van der Waals surface area contributed by atoms with Crippen LogP contribution in [0.1, 0.15) is 40.0 Å². The van der Waals surface area contributed by atoms with Crippen molar-refractivity contribution in [3.05, 3.63) is 0 Å². The van der Waals surface area contributed by atoms with Crippen LogP contribution in [0, 0.1) is 0 Å². The van der Waals surface area contributed by atoms with Gasteiger partial charge in [-0.05, 0) is 20.3 Å². The Bertz CT molecular complexity index is 303. The van der Waals surface area contributed by atoms with Crippen LogP contribution in [0.15, 0.2) is 9.98 Å². The van der Waals surface area contributed by atoms with Crippen molar-refractivity contribution in [3.8, 4) is 0 Å². The zero-order valence-corrected chi connectivity index (χ0v) is 12.4. The molecule has 0 aliphatic carbocycles. The molecule has 0 amide bonds. The summed E-state index contributed by atoms with van der Waals surface area (Å²) >= 11 is 0. The average molecular weight is 308 g/mol. The zero-order valence-electron chi connectivity index (χ0n) is 10.6. The summed E-state index contributed by atoms with van der Waals surface area (Å²) in [4.78, 5) is 13.6. The summed E-state index contributed by atoms with van der Waals surface area (Å²) in [6, 6.07) is 0. The third-order valence-corrected chi connectivity index (χ3v) is 2.29. The average Bonchev–Trinajstić information content (AvgIpc) is 2.14. The molecule has 0 saturated heterocycles. The molecule has 1 heterocycles. The quantitative estimate of drug-likeness (QED) is 0.751. The zero-order chi connectivity index (χ0) is 12.2. The first kappa shape index (κ1) is 16.2. The van der Waals surface area contributed by atoms with Crippen molar-refractivity contribution < 1.29 is 4.84 Å². The maximum absolute atomic E-state index is 5.75. The van der Waals surface area contributed by atoms with E-state index in [0.29, 0.717) is 6.61 Å². The fourth-order valence-corrected chi connectivity index (χ4v) is 1.53. The third-order valence-electron chi connectivity index (χ3n) is 2.29. The molecule has 1 aliphatic rings. The SMILES string of the molecule is Br.CCCCCON1C(N)=NC(N)=NC1(C)C. The fourth-order valence-electron chi connectivity index (χ4n) is 1.53. The molecule has 0 fully saturated rings. The lowest BCUT2D eigenvalue weighted by atomic mass is 10.2. The van der Waals surface area contributed by atoms with E-state index in [0.717, 1.165) is 19.3 Å². The van der Waals surface area contributed by atoms with E-state index in [1.165, 1.54) is 5.06 Å². The molecule has 0 aromatic carbocycles. The summed E-state index contributed by atoms with van der Waals surface area (Å²) in [7, 11) is 0. The maximum atomic E-state index is 5.75. The second-order valence-corrected chi connectivity index (χ2v) is 4.27. The molecule has 0 aromatic heterocycles. The Balaban J connectivity index is 0.00000256. The lowest BCUT2D eigenvalue weighted by Crippen LogP contribution is -2.53. The minimum atomic E-state index is -0.595. The second-order valence-electron chi connectivity index (χ2n) is 4.27. The van der Waals surface area contributed by atoms with Gasteiger partial charge in [-0.1, -0.05) is 19.8 Å². The summed E-state index contributed by atoms with van der Waals surface area (Å²) < 4.78 is 0. The molecule has 4 N–H and O–H groups in total. The van der Waals surface area contributed by atoms with Crippen LogP contribution in [0.5, 0.6) is 0 Å². The minimum Gasteiger partial charge on any atom is -0.368 e. The number of aliphatic imine (C=N–C) groups is 2. The van der Waals surface area contributed by atoms with Crippen LogP contribution in [0.3, 0.4) is 0 Å². The van der Waals surface area contributed by atoms with Crippen LogP contribution in [-0.4, -0.2) is 29.3 Å². The van der Waals surface area contributed by atoms with Gasteiger partial charge in [0.2, 0.25) is 11.9 Å². The van der Waals surface area contributed by atoms with Crippen molar-refractivity contribution >= 4 is 28.9 Å². The normalized spacial score (nSPS) is 18.2. The molecule has 7 heteroatoms. The molecule has 0 saturated carbocycles. The predicted octanol–water partition coefficient (Wildman–Crippen LogP) is 1.37. The highest BCUT2D eigenvalue weighted by molar-refractivity contribution is 8.93. The largest absolute Gasteiger partial charge is 0.368 e. The Labute approximate surface area is 113 Å². The molecule has 6 nitrogen and oxygen atoms in total. The summed E-state index contributed by atoms with van der Waals surface area (Å²) in [5.74, 6) is 0.449. The van der Waals surface area contributed by atoms with Gasteiger partial charge in [-0.15, -0.1) is 17.0 Å². The van der Waals surface area contributed by atoms with E-state index in [9.17, 15) is 0 Å². The van der Waals surface area contributed by atoms with Gasteiger partial charge in [0.15, 0.2) is 5.66 Å². The van der Waals surface area contributed by atoms with E-state index >= 15 is 0 Å². The number of hydrogen-bond donors (Lipinski definition) is 2. The Morgan fingerprint density at radius 2 is 1.94 bits per heavy atom. The summed E-state index contributed by atoms with van der Waals surface area (Å²) in [6.07, 6.45) is 3.29. The van der Waals surface area contributed by atoms with E-state index < -0.39 is 5.66 Å². The van der Waals surface area contributed by atoms with Crippen LogP contribution in [0.2, 0.25) is 0 Å². The molecule has 0 bridgehead atoms. The van der Waals surface area contributed by atoms with E-state index in [1.807, 2.05) is 13.8 Å². The lowest BCUT2D eigenvalue weighted by Gasteiger charge is -2.36. The van der Waals surface area contributed by atoms with Gasteiger partial charge in [0.25, 0.3) is 0 Å². The van der Waals surface area contributed by atoms with Gasteiger partial charge in [0.05, 0.1) is 6.61 Å². The Morgan fingerprint density at radius 3 is 2.47 bits per heavy atom.